The molecule has 1 atom stereocenters. The zero-order valence-corrected chi connectivity index (χ0v) is 21.1. The molecule has 1 aliphatic carbocycles. The van der Waals surface area contributed by atoms with E-state index in [0.29, 0.717) is 25.2 Å². The number of nitrogens with one attached hydrogen (secondary N) is 3. The number of nitrogens with zero attached hydrogens (tertiary/aromatic N) is 2. The number of aromatic nitrogens is 3. The van der Waals surface area contributed by atoms with Gasteiger partial charge in [0.1, 0.15) is 39.0 Å². The van der Waals surface area contributed by atoms with Gasteiger partial charge in [-0.1, -0.05) is 12.1 Å². The molecule has 1 aliphatic heterocycles. The third kappa shape index (κ3) is 4.98. The topological polar surface area (TPSA) is 126 Å². The number of hydrogen-bond donors (Lipinski definition) is 3. The molecule has 3 N–H and O–H groups in total. The smallest absolute Gasteiger partial charge is 0.223 e. The quantitative estimate of drug-likeness (QED) is 0.428. The van der Waals surface area contributed by atoms with E-state index in [1.165, 1.54) is 12.6 Å². The summed E-state index contributed by atoms with van der Waals surface area (Å²) >= 11 is 0. The van der Waals surface area contributed by atoms with Crippen LogP contribution in [0.15, 0.2) is 24.5 Å². The zero-order valence-electron chi connectivity index (χ0n) is 20.3. The number of hydrogen-bond acceptors (Lipinski definition) is 7. The first-order chi connectivity index (χ1) is 16.6. The molecule has 10 heteroatoms. The largest absolute Gasteiger partial charge is 0.485 e. The highest BCUT2D eigenvalue weighted by Gasteiger charge is 2.33. The molecule has 0 saturated heterocycles. The summed E-state index contributed by atoms with van der Waals surface area (Å²) in [7, 11) is -3.03. The second-order valence-corrected chi connectivity index (χ2v) is 12.5. The van der Waals surface area contributed by atoms with Crippen molar-refractivity contribution in [3.63, 3.8) is 0 Å². The van der Waals surface area contributed by atoms with Crippen molar-refractivity contribution in [1.82, 2.24) is 20.3 Å². The number of aryl methyl sites for hydroxylation is 1. The van der Waals surface area contributed by atoms with Gasteiger partial charge in [0.15, 0.2) is 0 Å². The van der Waals surface area contributed by atoms with E-state index in [1.54, 1.807) is 0 Å². The van der Waals surface area contributed by atoms with E-state index >= 15 is 0 Å². The predicted molar refractivity (Wildman–Crippen MR) is 135 cm³/mol. The van der Waals surface area contributed by atoms with E-state index in [2.05, 4.69) is 45.5 Å². The molecule has 0 bridgehead atoms. The second kappa shape index (κ2) is 8.82. The van der Waals surface area contributed by atoms with Crippen molar-refractivity contribution in [1.29, 1.82) is 0 Å². The normalized spacial score (nSPS) is 18.5. The van der Waals surface area contributed by atoms with Crippen LogP contribution in [0.1, 0.15) is 43.5 Å². The van der Waals surface area contributed by atoms with E-state index in [9.17, 15) is 13.2 Å². The molecule has 1 amide bonds. The number of amides is 1. The number of sulfone groups is 1. The maximum absolute atomic E-state index is 12.8. The van der Waals surface area contributed by atoms with Crippen molar-refractivity contribution in [2.24, 2.45) is 5.92 Å². The fourth-order valence-electron chi connectivity index (χ4n) is 5.09. The van der Waals surface area contributed by atoms with Crippen molar-refractivity contribution >= 4 is 38.3 Å². The Morgan fingerprint density at radius 2 is 2.11 bits per heavy atom. The molecule has 2 aliphatic rings. The lowest BCUT2D eigenvalue weighted by Gasteiger charge is -2.22. The lowest BCUT2D eigenvalue weighted by atomic mass is 9.86. The van der Waals surface area contributed by atoms with Crippen LogP contribution >= 0.6 is 0 Å². The van der Waals surface area contributed by atoms with Gasteiger partial charge in [0.05, 0.1) is 16.8 Å². The van der Waals surface area contributed by atoms with Gasteiger partial charge >= 0.3 is 0 Å². The molecule has 5 rings (SSSR count). The van der Waals surface area contributed by atoms with Gasteiger partial charge in [-0.25, -0.2) is 18.4 Å². The van der Waals surface area contributed by atoms with Crippen LogP contribution in [0.4, 0.5) is 11.5 Å². The molecule has 3 heterocycles. The summed E-state index contributed by atoms with van der Waals surface area (Å²) in [5, 5.41) is 7.27. The van der Waals surface area contributed by atoms with Crippen LogP contribution < -0.4 is 15.4 Å². The number of benzene rings is 1. The van der Waals surface area contributed by atoms with Crippen LogP contribution in [-0.2, 0) is 33.9 Å². The van der Waals surface area contributed by atoms with Crippen LogP contribution in [0, 0.1) is 5.92 Å². The maximum atomic E-state index is 12.8. The van der Waals surface area contributed by atoms with Crippen LogP contribution in [0.25, 0.3) is 11.0 Å². The summed E-state index contributed by atoms with van der Waals surface area (Å²) in [5.74, 6) is 1.38. The van der Waals surface area contributed by atoms with E-state index in [1.807, 2.05) is 12.1 Å². The Labute approximate surface area is 205 Å². The predicted octanol–water partition coefficient (Wildman–Crippen LogP) is 3.07. The molecule has 2 aromatic heterocycles. The molecule has 1 unspecified atom stereocenters. The van der Waals surface area contributed by atoms with Crippen molar-refractivity contribution in [3.05, 3.63) is 41.3 Å². The molecule has 0 radical (unpaired) electrons. The summed E-state index contributed by atoms with van der Waals surface area (Å²) in [4.78, 5) is 25.2. The van der Waals surface area contributed by atoms with E-state index < -0.39 is 9.84 Å². The fraction of sp³-hybridized carbons (Fsp3) is 0.480. The highest BCUT2D eigenvalue weighted by Crippen LogP contribution is 2.42. The molecule has 0 saturated carbocycles. The average molecular weight is 498 g/mol. The second-order valence-electron chi connectivity index (χ2n) is 10.2. The van der Waals surface area contributed by atoms with Gasteiger partial charge in [0.25, 0.3) is 0 Å². The minimum absolute atomic E-state index is 0.0404. The monoisotopic (exact) mass is 497 g/mol. The SMILES string of the molecule is CC1(C)Cc2cccc(Nc3ncnc4[nH]c5c(c34)CC(C(=O)NCCCS(C)(=O)=O)CC5)c2O1. The Morgan fingerprint density at radius 1 is 1.29 bits per heavy atom. The van der Waals surface area contributed by atoms with Gasteiger partial charge in [-0.2, -0.15) is 0 Å². The summed E-state index contributed by atoms with van der Waals surface area (Å²) in [6.45, 7) is 4.51. The maximum Gasteiger partial charge on any atom is 0.223 e. The number of rotatable bonds is 7. The summed E-state index contributed by atoms with van der Waals surface area (Å²) < 4.78 is 28.9. The first-order valence-electron chi connectivity index (χ1n) is 12.0. The number of ether oxygens (including phenoxy) is 1. The van der Waals surface area contributed by atoms with Crippen LogP contribution in [0.5, 0.6) is 5.75 Å². The highest BCUT2D eigenvalue weighted by molar-refractivity contribution is 7.90. The lowest BCUT2D eigenvalue weighted by molar-refractivity contribution is -0.125. The van der Waals surface area contributed by atoms with Gasteiger partial charge in [-0.05, 0) is 51.2 Å². The van der Waals surface area contributed by atoms with Crippen molar-refractivity contribution in [2.75, 3.05) is 23.9 Å². The standard InChI is InChI=1S/C25H31N5O4S/c1-25(2)13-16-6-4-7-19(21(16)34-25)30-23-20-17-12-15(24(31)26-10-5-11-35(3,32)33)8-9-18(17)29-22(20)27-14-28-23/h4,6-7,14-15H,5,8-13H2,1-3H3,(H,26,31)(H2,27,28,29,30). The Hall–Kier alpha value is -3.14. The van der Waals surface area contributed by atoms with E-state index in [0.717, 1.165) is 58.6 Å². The third-order valence-electron chi connectivity index (χ3n) is 6.68. The Balaban J connectivity index is 1.37. The van der Waals surface area contributed by atoms with Gasteiger partial charge in [0.2, 0.25) is 5.91 Å². The number of carbonyl (C=O) groups excluding carboxylic acids is 1. The van der Waals surface area contributed by atoms with Gasteiger partial charge in [-0.3, -0.25) is 4.79 Å². The Morgan fingerprint density at radius 3 is 2.91 bits per heavy atom. The molecule has 0 fully saturated rings. The number of carbonyl (C=O) groups is 1. The summed E-state index contributed by atoms with van der Waals surface area (Å²) in [6, 6.07) is 6.09. The lowest BCUT2D eigenvalue weighted by Crippen LogP contribution is -2.35. The first kappa shape index (κ1) is 23.6. The number of fused-ring (bicyclic) bond motifs is 4. The molecule has 9 nitrogen and oxygen atoms in total. The van der Waals surface area contributed by atoms with Crippen LogP contribution in [0.3, 0.4) is 0 Å². The third-order valence-corrected chi connectivity index (χ3v) is 7.71. The molecule has 3 aromatic rings. The number of H-pyrrole nitrogens is 1. The van der Waals surface area contributed by atoms with Crippen LogP contribution in [0.2, 0.25) is 0 Å². The van der Waals surface area contributed by atoms with Gasteiger partial charge < -0.3 is 20.4 Å². The minimum Gasteiger partial charge on any atom is -0.485 e. The van der Waals surface area contributed by atoms with E-state index in [-0.39, 0.29) is 23.2 Å². The molecule has 0 spiro atoms. The summed E-state index contributed by atoms with van der Waals surface area (Å²) in [5.41, 5.74) is 4.65. The van der Waals surface area contributed by atoms with Crippen molar-refractivity contribution < 1.29 is 17.9 Å². The Bertz CT molecular complexity index is 1400. The van der Waals surface area contributed by atoms with Gasteiger partial charge in [0, 0.05) is 36.4 Å². The average Bonchev–Trinajstić information content (AvgIpc) is 3.32. The van der Waals surface area contributed by atoms with Gasteiger partial charge in [-0.15, -0.1) is 0 Å². The molecular weight excluding hydrogens is 466 g/mol. The van der Waals surface area contributed by atoms with E-state index in [4.69, 9.17) is 4.74 Å². The number of para-hydroxylation sites is 1. The van der Waals surface area contributed by atoms with Crippen LogP contribution in [-0.4, -0.2) is 53.4 Å². The molecule has 1 aromatic carbocycles. The van der Waals surface area contributed by atoms with Crippen molar-refractivity contribution in [3.8, 4) is 5.75 Å². The number of aromatic amines is 1. The fourth-order valence-corrected chi connectivity index (χ4v) is 5.76. The highest BCUT2D eigenvalue weighted by atomic mass is 32.2. The first-order valence-corrected chi connectivity index (χ1v) is 14.0. The minimum atomic E-state index is -3.03. The number of anilines is 2. The molecule has 186 valence electrons. The molecule has 35 heavy (non-hydrogen) atoms. The summed E-state index contributed by atoms with van der Waals surface area (Å²) in [6.07, 6.45) is 6.04. The molecular formula is C25H31N5O4S. The zero-order chi connectivity index (χ0) is 24.8. The Kier molecular flexibility index (Phi) is 5.94. The van der Waals surface area contributed by atoms with Crippen molar-refractivity contribution in [2.45, 2.75) is 51.6 Å².